The Hall–Kier alpha value is -2.78. The highest BCUT2D eigenvalue weighted by Crippen LogP contribution is 2.38. The van der Waals surface area contributed by atoms with Gasteiger partial charge in [0.25, 0.3) is 5.91 Å². The number of likely N-dealkylation sites (tertiary alicyclic amines) is 1. The molecule has 3 rings (SSSR count). The van der Waals surface area contributed by atoms with Crippen molar-refractivity contribution in [3.05, 3.63) is 29.8 Å². The Morgan fingerprint density at radius 1 is 1.15 bits per heavy atom. The summed E-state index contributed by atoms with van der Waals surface area (Å²) >= 11 is 0. The normalized spacial score (nSPS) is 23.3. The molecule has 3 amide bonds. The number of nitrogens with zero attached hydrogens (tertiary/aromatic N) is 2. The lowest BCUT2D eigenvalue weighted by molar-refractivity contribution is -0.187. The zero-order chi connectivity index (χ0) is 19.1. The molecule has 0 saturated carbocycles. The number of carboxylic acid groups (broad SMARTS) is 1. The maximum Gasteiger partial charge on any atom is 0.394 e. The molecule has 2 atom stereocenters. The van der Waals surface area contributed by atoms with Gasteiger partial charge in [-0.15, -0.1) is 0 Å². The molecular formula is C16H16F3N3O4. The van der Waals surface area contributed by atoms with E-state index in [0.29, 0.717) is 18.8 Å². The number of carbonyl (C=O) groups excluding carboxylic acids is 2. The quantitative estimate of drug-likeness (QED) is 0.844. The predicted molar refractivity (Wildman–Crippen MR) is 83.8 cm³/mol. The van der Waals surface area contributed by atoms with Gasteiger partial charge < -0.3 is 15.3 Å². The Labute approximate surface area is 146 Å². The fourth-order valence-electron chi connectivity index (χ4n) is 3.24. The van der Waals surface area contributed by atoms with Crippen molar-refractivity contribution in [1.82, 2.24) is 10.2 Å². The molecule has 26 heavy (non-hydrogen) atoms. The van der Waals surface area contributed by atoms with Crippen molar-refractivity contribution in [3.63, 3.8) is 0 Å². The van der Waals surface area contributed by atoms with E-state index in [0.717, 1.165) is 4.90 Å². The third-order valence-corrected chi connectivity index (χ3v) is 4.63. The third kappa shape index (κ3) is 3.31. The van der Waals surface area contributed by atoms with Crippen LogP contribution in [0.4, 0.5) is 23.7 Å². The molecule has 2 fully saturated rings. The number of carboxylic acids is 1. The van der Waals surface area contributed by atoms with Crippen LogP contribution in [-0.4, -0.2) is 60.3 Å². The van der Waals surface area contributed by atoms with Gasteiger partial charge in [-0.05, 0) is 24.3 Å². The fourth-order valence-corrected chi connectivity index (χ4v) is 3.24. The Morgan fingerprint density at radius 2 is 1.81 bits per heavy atom. The van der Waals surface area contributed by atoms with E-state index in [1.165, 1.54) is 29.2 Å². The molecule has 0 unspecified atom stereocenters. The summed E-state index contributed by atoms with van der Waals surface area (Å²) in [6.07, 6.45) is -4.69. The maximum absolute atomic E-state index is 13.0. The number of urea groups is 1. The van der Waals surface area contributed by atoms with E-state index in [2.05, 4.69) is 5.32 Å². The molecule has 2 heterocycles. The second kappa shape index (κ2) is 6.50. The number of hydrogen-bond donors (Lipinski definition) is 2. The Balaban J connectivity index is 1.75. The van der Waals surface area contributed by atoms with Gasteiger partial charge in [-0.2, -0.15) is 13.2 Å². The van der Waals surface area contributed by atoms with Crippen LogP contribution in [0.1, 0.15) is 10.4 Å². The van der Waals surface area contributed by atoms with Crippen LogP contribution in [0.15, 0.2) is 24.3 Å². The first kappa shape index (κ1) is 18.0. The minimum absolute atomic E-state index is 0.139. The van der Waals surface area contributed by atoms with Crippen molar-refractivity contribution in [3.8, 4) is 0 Å². The van der Waals surface area contributed by atoms with Crippen molar-refractivity contribution in [2.75, 3.05) is 31.1 Å². The number of hydrogen-bond acceptors (Lipinski definition) is 3. The number of halogens is 3. The average molecular weight is 371 g/mol. The molecule has 10 heteroatoms. The molecule has 2 aliphatic rings. The van der Waals surface area contributed by atoms with Crippen LogP contribution in [0.25, 0.3) is 0 Å². The molecule has 140 valence electrons. The van der Waals surface area contributed by atoms with Crippen LogP contribution in [-0.2, 0) is 4.79 Å². The van der Waals surface area contributed by atoms with Crippen molar-refractivity contribution in [1.29, 1.82) is 0 Å². The van der Waals surface area contributed by atoms with Crippen LogP contribution in [0.2, 0.25) is 0 Å². The first-order chi connectivity index (χ1) is 12.2. The van der Waals surface area contributed by atoms with Gasteiger partial charge in [-0.1, -0.05) is 0 Å². The molecular weight excluding hydrogens is 355 g/mol. The van der Waals surface area contributed by atoms with Gasteiger partial charge in [0.15, 0.2) is 0 Å². The molecule has 7 nitrogen and oxygen atoms in total. The highest BCUT2D eigenvalue weighted by molar-refractivity contribution is 5.97. The van der Waals surface area contributed by atoms with Crippen molar-refractivity contribution in [2.24, 2.45) is 11.8 Å². The van der Waals surface area contributed by atoms with Gasteiger partial charge in [0.2, 0.25) is 0 Å². The van der Waals surface area contributed by atoms with Crippen LogP contribution in [0.3, 0.4) is 0 Å². The summed E-state index contributed by atoms with van der Waals surface area (Å²) in [5.41, 5.74) is 0.704. The van der Waals surface area contributed by atoms with E-state index < -0.39 is 43.0 Å². The summed E-state index contributed by atoms with van der Waals surface area (Å²) in [6.45, 7) is -0.196. The highest BCUT2D eigenvalue weighted by atomic mass is 19.4. The highest BCUT2D eigenvalue weighted by Gasteiger charge is 2.53. The topological polar surface area (TPSA) is 89.9 Å². The number of rotatable bonds is 3. The first-order valence-electron chi connectivity index (χ1n) is 7.92. The lowest BCUT2D eigenvalue weighted by Gasteiger charge is -2.19. The van der Waals surface area contributed by atoms with Crippen molar-refractivity contribution in [2.45, 2.75) is 6.18 Å². The van der Waals surface area contributed by atoms with E-state index in [9.17, 15) is 27.6 Å². The summed E-state index contributed by atoms with van der Waals surface area (Å²) in [5, 5.41) is 11.7. The van der Waals surface area contributed by atoms with Gasteiger partial charge in [-0.3, -0.25) is 14.5 Å². The van der Waals surface area contributed by atoms with E-state index >= 15 is 0 Å². The van der Waals surface area contributed by atoms with Crippen LogP contribution in [0.5, 0.6) is 0 Å². The summed E-state index contributed by atoms with van der Waals surface area (Å²) in [5.74, 6) is -6.00. The van der Waals surface area contributed by atoms with E-state index in [4.69, 9.17) is 5.11 Å². The van der Waals surface area contributed by atoms with E-state index in [1.807, 2.05) is 0 Å². The molecule has 1 aromatic rings. The number of nitrogens with one attached hydrogen (secondary N) is 1. The van der Waals surface area contributed by atoms with Crippen LogP contribution >= 0.6 is 0 Å². The monoisotopic (exact) mass is 371 g/mol. The van der Waals surface area contributed by atoms with Crippen LogP contribution < -0.4 is 10.2 Å². The minimum atomic E-state index is -4.69. The van der Waals surface area contributed by atoms with Crippen molar-refractivity contribution >= 4 is 23.6 Å². The van der Waals surface area contributed by atoms with Gasteiger partial charge in [0.1, 0.15) is 0 Å². The Bertz CT molecular complexity index is 735. The van der Waals surface area contributed by atoms with Gasteiger partial charge in [0, 0.05) is 37.4 Å². The average Bonchev–Trinajstić information content (AvgIpc) is 3.20. The number of anilines is 1. The summed E-state index contributed by atoms with van der Waals surface area (Å²) in [6, 6.07) is 5.63. The lowest BCUT2D eigenvalue weighted by atomic mass is 9.96. The zero-order valence-corrected chi connectivity index (χ0v) is 13.5. The standard InChI is InChI=1S/C16H16F3N3O4/c17-16(18,19)12-8-21(7-11(12)14(24)25)13(23)9-1-3-10(4-2-9)22-6-5-20-15(22)26/h1-4,11-12H,5-8H2,(H,20,26)(H,24,25)/t11-,12-/m1/s1. The van der Waals surface area contributed by atoms with Crippen molar-refractivity contribution < 1.29 is 32.7 Å². The molecule has 0 aromatic heterocycles. The maximum atomic E-state index is 13.0. The summed E-state index contributed by atoms with van der Waals surface area (Å²) in [7, 11) is 0. The molecule has 0 bridgehead atoms. The number of benzene rings is 1. The summed E-state index contributed by atoms with van der Waals surface area (Å²) in [4.78, 5) is 37.6. The molecule has 0 radical (unpaired) electrons. The summed E-state index contributed by atoms with van der Waals surface area (Å²) < 4.78 is 39.1. The molecule has 0 spiro atoms. The molecule has 2 saturated heterocycles. The zero-order valence-electron chi connectivity index (χ0n) is 13.5. The second-order valence-corrected chi connectivity index (χ2v) is 6.23. The van der Waals surface area contributed by atoms with E-state index in [-0.39, 0.29) is 11.6 Å². The van der Waals surface area contributed by atoms with Gasteiger partial charge in [-0.25, -0.2) is 4.79 Å². The number of carbonyl (C=O) groups is 3. The SMILES string of the molecule is O=C(O)[C@@H]1CN(C(=O)c2ccc(N3CCNC3=O)cc2)C[C@H]1C(F)(F)F. The molecule has 2 N–H and O–H groups in total. The molecule has 2 aliphatic heterocycles. The number of alkyl halides is 3. The molecule has 0 aliphatic carbocycles. The predicted octanol–water partition coefficient (Wildman–Crippen LogP) is 1.55. The Morgan fingerprint density at radius 3 is 2.27 bits per heavy atom. The number of aliphatic carboxylic acids is 1. The third-order valence-electron chi connectivity index (χ3n) is 4.63. The minimum Gasteiger partial charge on any atom is -0.481 e. The number of amides is 3. The van der Waals surface area contributed by atoms with Crippen LogP contribution in [0, 0.1) is 11.8 Å². The first-order valence-corrected chi connectivity index (χ1v) is 7.92. The van der Waals surface area contributed by atoms with E-state index in [1.54, 1.807) is 0 Å². The van der Waals surface area contributed by atoms with Gasteiger partial charge in [0.05, 0.1) is 11.8 Å². The Kier molecular flexibility index (Phi) is 4.51. The smallest absolute Gasteiger partial charge is 0.394 e. The largest absolute Gasteiger partial charge is 0.481 e. The second-order valence-electron chi connectivity index (χ2n) is 6.23. The fraction of sp³-hybridized carbons (Fsp3) is 0.438. The lowest BCUT2D eigenvalue weighted by Crippen LogP contribution is -2.34. The molecule has 1 aromatic carbocycles. The van der Waals surface area contributed by atoms with Gasteiger partial charge >= 0.3 is 18.2 Å².